The molecule has 0 saturated carbocycles. The first-order chi connectivity index (χ1) is 16.7. The van der Waals surface area contributed by atoms with Crippen molar-refractivity contribution < 1.29 is 32.7 Å². The van der Waals surface area contributed by atoms with Crippen molar-refractivity contribution in [2.45, 2.75) is 25.7 Å². The van der Waals surface area contributed by atoms with Gasteiger partial charge in [-0.05, 0) is 36.8 Å². The molecule has 1 heterocycles. The molecule has 0 aliphatic carbocycles. The van der Waals surface area contributed by atoms with Crippen molar-refractivity contribution in [3.8, 4) is 0 Å². The maximum absolute atomic E-state index is 15.0. The van der Waals surface area contributed by atoms with Crippen LogP contribution in [-0.4, -0.2) is 50.2 Å². The Morgan fingerprint density at radius 2 is 1.80 bits per heavy atom. The first-order valence-corrected chi connectivity index (χ1v) is 10.8. The summed E-state index contributed by atoms with van der Waals surface area (Å²) in [6.07, 6.45) is 0.451. The van der Waals surface area contributed by atoms with E-state index in [1.54, 1.807) is 25.1 Å². The van der Waals surface area contributed by atoms with Gasteiger partial charge in [0.2, 0.25) is 0 Å². The number of amides is 2. The number of benzene rings is 2. The zero-order valence-electron chi connectivity index (χ0n) is 19.5. The molecule has 10 heteroatoms. The molecule has 3 rings (SSSR count). The number of ether oxygens (including phenoxy) is 1. The Kier molecular flexibility index (Phi) is 7.95. The lowest BCUT2D eigenvalue weighted by atomic mass is 9.97. The van der Waals surface area contributed by atoms with E-state index < -0.39 is 35.7 Å². The lowest BCUT2D eigenvalue weighted by Gasteiger charge is -2.23. The largest absolute Gasteiger partial charge is 0.466 e. The third kappa shape index (κ3) is 5.71. The van der Waals surface area contributed by atoms with Crippen LogP contribution in [0.4, 0.5) is 20.2 Å². The number of nitrogens with zero attached hydrogens (tertiary/aromatic N) is 2. The van der Waals surface area contributed by atoms with Crippen LogP contribution in [0.1, 0.15) is 35.7 Å². The Labute approximate surface area is 201 Å². The minimum Gasteiger partial charge on any atom is -0.466 e. The normalized spacial score (nSPS) is 16.2. The molecule has 8 nitrogen and oxygen atoms in total. The maximum Gasteiger partial charge on any atom is 0.330 e. The molecular formula is C25H25F2N3O5. The zero-order valence-corrected chi connectivity index (χ0v) is 19.5. The number of oxime groups is 1. The molecule has 2 aromatic carbocycles. The van der Waals surface area contributed by atoms with Crippen molar-refractivity contribution in [2.75, 3.05) is 31.0 Å². The van der Waals surface area contributed by atoms with Crippen LogP contribution in [0.15, 0.2) is 59.8 Å². The summed E-state index contributed by atoms with van der Waals surface area (Å²) in [5, 5.41) is 6.33. The van der Waals surface area contributed by atoms with Gasteiger partial charge in [-0.25, -0.2) is 13.6 Å². The molecular weight excluding hydrogens is 460 g/mol. The van der Waals surface area contributed by atoms with Gasteiger partial charge in [0.15, 0.2) is 0 Å². The van der Waals surface area contributed by atoms with Gasteiger partial charge >= 0.3 is 5.97 Å². The van der Waals surface area contributed by atoms with Crippen LogP contribution in [0, 0.1) is 0 Å². The van der Waals surface area contributed by atoms with Crippen molar-refractivity contribution >= 4 is 40.4 Å². The number of hydrogen-bond donors (Lipinski definition) is 1. The fraction of sp³-hybridized carbons (Fsp3) is 0.280. The van der Waals surface area contributed by atoms with Crippen LogP contribution in [0.25, 0.3) is 5.57 Å². The van der Waals surface area contributed by atoms with Crippen molar-refractivity contribution in [2.24, 2.45) is 5.16 Å². The molecule has 184 valence electrons. The molecule has 0 saturated heterocycles. The predicted octanol–water partition coefficient (Wildman–Crippen LogP) is 4.28. The summed E-state index contributed by atoms with van der Waals surface area (Å²) in [5.74, 6) is -5.20. The molecule has 2 amide bonds. The molecule has 1 N–H and O–H groups in total. The summed E-state index contributed by atoms with van der Waals surface area (Å²) in [7, 11) is 2.45. The number of carbonyl (C=O) groups is 3. The average Bonchev–Trinajstić information content (AvgIpc) is 2.96. The highest BCUT2D eigenvalue weighted by atomic mass is 19.3. The minimum atomic E-state index is -3.35. The Morgan fingerprint density at radius 1 is 1.11 bits per heavy atom. The van der Waals surface area contributed by atoms with E-state index in [-0.39, 0.29) is 29.1 Å². The van der Waals surface area contributed by atoms with Crippen LogP contribution < -0.4 is 10.2 Å². The smallest absolute Gasteiger partial charge is 0.330 e. The molecule has 0 spiro atoms. The summed E-state index contributed by atoms with van der Waals surface area (Å²) >= 11 is 0. The molecule has 35 heavy (non-hydrogen) atoms. The van der Waals surface area contributed by atoms with Crippen LogP contribution in [0.5, 0.6) is 0 Å². The number of para-hydroxylation sites is 1. The Balaban J connectivity index is 1.91. The van der Waals surface area contributed by atoms with Gasteiger partial charge in [-0.2, -0.15) is 0 Å². The Morgan fingerprint density at radius 3 is 2.43 bits per heavy atom. The molecule has 1 aliphatic heterocycles. The Hall–Kier alpha value is -4.08. The van der Waals surface area contributed by atoms with Gasteiger partial charge in [-0.1, -0.05) is 30.3 Å². The lowest BCUT2D eigenvalue weighted by molar-refractivity contribution is -0.134. The highest BCUT2D eigenvalue weighted by Crippen LogP contribution is 2.43. The van der Waals surface area contributed by atoms with Crippen molar-refractivity contribution in [1.82, 2.24) is 0 Å². The number of carbonyl (C=O) groups excluding carboxylic acids is 3. The van der Waals surface area contributed by atoms with Crippen molar-refractivity contribution in [3.63, 3.8) is 0 Å². The van der Waals surface area contributed by atoms with Crippen molar-refractivity contribution in [3.05, 3.63) is 65.7 Å². The molecule has 0 bridgehead atoms. The summed E-state index contributed by atoms with van der Waals surface area (Å²) in [4.78, 5) is 43.3. The molecule has 0 fully saturated rings. The average molecular weight is 485 g/mol. The number of rotatable bonds is 6. The predicted molar refractivity (Wildman–Crippen MR) is 127 cm³/mol. The third-order valence-corrected chi connectivity index (χ3v) is 5.43. The van der Waals surface area contributed by atoms with Crippen LogP contribution in [0.2, 0.25) is 0 Å². The van der Waals surface area contributed by atoms with Gasteiger partial charge in [0.25, 0.3) is 17.7 Å². The highest BCUT2D eigenvalue weighted by Gasteiger charge is 2.41. The molecule has 0 atom stereocenters. The number of anilines is 2. The summed E-state index contributed by atoms with van der Waals surface area (Å²) in [6.45, 7) is 1.49. The van der Waals surface area contributed by atoms with Gasteiger partial charge in [0.1, 0.15) is 12.8 Å². The topological polar surface area (TPSA) is 97.3 Å². The number of halogens is 2. The molecule has 0 aromatic heterocycles. The zero-order chi connectivity index (χ0) is 25.6. The van der Waals surface area contributed by atoms with Gasteiger partial charge in [0.05, 0.1) is 12.8 Å². The number of methoxy groups -OCH3 is 1. The summed E-state index contributed by atoms with van der Waals surface area (Å²) < 4.78 is 34.5. The summed E-state index contributed by atoms with van der Waals surface area (Å²) in [5.41, 5.74) is 0.689. The van der Waals surface area contributed by atoms with E-state index in [4.69, 9.17) is 0 Å². The van der Waals surface area contributed by atoms with E-state index >= 15 is 0 Å². The van der Waals surface area contributed by atoms with Crippen LogP contribution in [-0.2, 0) is 19.2 Å². The molecule has 1 aliphatic rings. The first kappa shape index (κ1) is 25.5. The lowest BCUT2D eigenvalue weighted by Crippen LogP contribution is -2.33. The van der Waals surface area contributed by atoms with Gasteiger partial charge in [-0.3, -0.25) is 9.59 Å². The number of esters is 1. The maximum atomic E-state index is 15.0. The first-order valence-electron chi connectivity index (χ1n) is 10.8. The number of hydrogen-bond acceptors (Lipinski definition) is 6. The fourth-order valence-electron chi connectivity index (χ4n) is 3.64. The third-order valence-electron chi connectivity index (χ3n) is 5.43. The van der Waals surface area contributed by atoms with E-state index in [1.807, 2.05) is 0 Å². The van der Waals surface area contributed by atoms with E-state index in [2.05, 4.69) is 20.0 Å². The molecule has 0 radical (unpaired) electrons. The van der Waals surface area contributed by atoms with Crippen LogP contribution >= 0.6 is 0 Å². The SMILES string of the molecule is CCC(=NOC)C(=O)Nc1ccc(C(=O)N2CCC(F)(F)/C(=C\C(=O)OC)c3ccccc32)cc1. The number of alkyl halides is 2. The number of allylic oxidation sites excluding steroid dienone is 1. The summed E-state index contributed by atoms with van der Waals surface area (Å²) in [6, 6.07) is 12.2. The monoisotopic (exact) mass is 485 g/mol. The van der Waals surface area contributed by atoms with Crippen molar-refractivity contribution in [1.29, 1.82) is 0 Å². The van der Waals surface area contributed by atoms with E-state index in [0.717, 1.165) is 13.2 Å². The second-order valence-corrected chi connectivity index (χ2v) is 7.62. The highest BCUT2D eigenvalue weighted by molar-refractivity contribution is 6.42. The Bertz CT molecular complexity index is 1180. The second kappa shape index (κ2) is 10.9. The fourth-order valence-corrected chi connectivity index (χ4v) is 3.64. The minimum absolute atomic E-state index is 0.0714. The van der Waals surface area contributed by atoms with Gasteiger partial charge in [-0.15, -0.1) is 0 Å². The van der Waals surface area contributed by atoms with E-state index in [0.29, 0.717) is 12.1 Å². The van der Waals surface area contributed by atoms with Crippen LogP contribution in [0.3, 0.4) is 0 Å². The van der Waals surface area contributed by atoms with Gasteiger partial charge in [0, 0.05) is 41.4 Å². The van der Waals surface area contributed by atoms with E-state index in [9.17, 15) is 23.2 Å². The standard InChI is InChI=1S/C25H25F2N3O5/c1-4-20(29-35-3)23(32)28-17-11-9-16(10-12-17)24(33)30-14-13-25(26,27)19(15-22(31)34-2)18-7-5-6-8-21(18)30/h5-12,15H,4,13-14H2,1-3H3,(H,28,32)/b19-15-,29-20?. The number of fused-ring (bicyclic) bond motifs is 1. The van der Waals surface area contributed by atoms with E-state index in [1.165, 1.54) is 42.3 Å². The molecule has 0 unspecified atom stereocenters. The number of nitrogens with one attached hydrogen (secondary N) is 1. The molecule has 2 aromatic rings. The second-order valence-electron chi connectivity index (χ2n) is 7.62. The van der Waals surface area contributed by atoms with Gasteiger partial charge < -0.3 is 19.8 Å². The quantitative estimate of drug-likeness (QED) is 0.285.